The van der Waals surface area contributed by atoms with Gasteiger partial charge in [-0.1, -0.05) is 13.8 Å². The zero-order valence-corrected chi connectivity index (χ0v) is 11.8. The van der Waals surface area contributed by atoms with Crippen LogP contribution >= 0.6 is 0 Å². The first-order chi connectivity index (χ1) is 8.17. The van der Waals surface area contributed by atoms with Crippen LogP contribution in [0.4, 0.5) is 10.1 Å². The van der Waals surface area contributed by atoms with Gasteiger partial charge in [-0.2, -0.15) is 4.31 Å². The molecule has 1 aromatic carbocycles. The lowest BCUT2D eigenvalue weighted by atomic mass is 10.1. The zero-order valence-electron chi connectivity index (χ0n) is 11.0. The number of benzene rings is 1. The smallest absolute Gasteiger partial charge is 0.245 e. The van der Waals surface area contributed by atoms with Gasteiger partial charge in [0.25, 0.3) is 0 Å². The van der Waals surface area contributed by atoms with Crippen LogP contribution in [0.3, 0.4) is 0 Å². The molecule has 1 atom stereocenters. The summed E-state index contributed by atoms with van der Waals surface area (Å²) in [5.74, 6) is -0.377. The van der Waals surface area contributed by atoms with Crippen molar-refractivity contribution in [1.29, 1.82) is 0 Å². The van der Waals surface area contributed by atoms with Gasteiger partial charge in [-0.25, -0.2) is 12.8 Å². The van der Waals surface area contributed by atoms with Gasteiger partial charge in [-0.3, -0.25) is 0 Å². The molecule has 4 nitrogen and oxygen atoms in total. The Morgan fingerprint density at radius 3 is 2.28 bits per heavy atom. The zero-order chi connectivity index (χ0) is 14.1. The van der Waals surface area contributed by atoms with E-state index in [0.717, 1.165) is 12.1 Å². The van der Waals surface area contributed by atoms with Crippen LogP contribution < -0.4 is 5.73 Å². The number of nitrogens with zero attached hydrogens (tertiary/aromatic N) is 1. The summed E-state index contributed by atoms with van der Waals surface area (Å²) in [6.45, 7) is 5.69. The molecule has 0 bridgehead atoms. The van der Waals surface area contributed by atoms with Crippen molar-refractivity contribution in [2.75, 3.05) is 12.8 Å². The van der Waals surface area contributed by atoms with E-state index in [2.05, 4.69) is 0 Å². The molecular weight excluding hydrogens is 255 g/mol. The number of halogens is 1. The summed E-state index contributed by atoms with van der Waals surface area (Å²) in [6.07, 6.45) is 0. The second kappa shape index (κ2) is 5.24. The van der Waals surface area contributed by atoms with Crippen LogP contribution in [0.25, 0.3) is 0 Å². The van der Waals surface area contributed by atoms with Crippen molar-refractivity contribution in [1.82, 2.24) is 4.31 Å². The van der Waals surface area contributed by atoms with Crippen molar-refractivity contribution in [3.63, 3.8) is 0 Å². The summed E-state index contributed by atoms with van der Waals surface area (Å²) in [7, 11) is -2.19. The van der Waals surface area contributed by atoms with Gasteiger partial charge < -0.3 is 5.73 Å². The van der Waals surface area contributed by atoms with E-state index < -0.39 is 15.8 Å². The van der Waals surface area contributed by atoms with Crippen LogP contribution in [0.5, 0.6) is 0 Å². The van der Waals surface area contributed by atoms with E-state index in [1.807, 2.05) is 20.8 Å². The maximum absolute atomic E-state index is 12.9. The summed E-state index contributed by atoms with van der Waals surface area (Å²) < 4.78 is 38.9. The summed E-state index contributed by atoms with van der Waals surface area (Å²) >= 11 is 0. The largest absolute Gasteiger partial charge is 0.398 e. The Hall–Kier alpha value is -1.14. The van der Waals surface area contributed by atoms with Gasteiger partial charge in [0.05, 0.1) is 5.69 Å². The van der Waals surface area contributed by atoms with E-state index in [9.17, 15) is 12.8 Å². The molecule has 0 heterocycles. The molecule has 6 heteroatoms. The fourth-order valence-electron chi connectivity index (χ4n) is 1.55. The van der Waals surface area contributed by atoms with Gasteiger partial charge in [0, 0.05) is 13.1 Å². The number of rotatable bonds is 4. The SMILES string of the molecule is CC(C)C(C)N(C)S(=O)(=O)c1ccc(F)cc1N. The molecule has 102 valence electrons. The third-order valence-electron chi connectivity index (χ3n) is 3.17. The number of nitrogen functional groups attached to an aromatic ring is 1. The van der Waals surface area contributed by atoms with Gasteiger partial charge in [0.15, 0.2) is 0 Å². The second-order valence-corrected chi connectivity index (χ2v) is 6.65. The highest BCUT2D eigenvalue weighted by atomic mass is 32.2. The Labute approximate surface area is 108 Å². The van der Waals surface area contributed by atoms with Crippen LogP contribution in [0, 0.1) is 11.7 Å². The third kappa shape index (κ3) is 2.81. The minimum Gasteiger partial charge on any atom is -0.398 e. The van der Waals surface area contributed by atoms with Crippen molar-refractivity contribution >= 4 is 15.7 Å². The van der Waals surface area contributed by atoms with Crippen LogP contribution in [0.1, 0.15) is 20.8 Å². The fraction of sp³-hybridized carbons (Fsp3) is 0.500. The average molecular weight is 274 g/mol. The van der Waals surface area contributed by atoms with Crippen LogP contribution in [-0.2, 0) is 10.0 Å². The van der Waals surface area contributed by atoms with Gasteiger partial charge in [0.1, 0.15) is 10.7 Å². The van der Waals surface area contributed by atoms with Crippen molar-refractivity contribution < 1.29 is 12.8 Å². The van der Waals surface area contributed by atoms with E-state index in [-0.39, 0.29) is 22.5 Å². The number of sulfonamides is 1. The molecule has 0 aliphatic rings. The summed E-state index contributed by atoms with van der Waals surface area (Å²) in [4.78, 5) is -0.0566. The predicted octanol–water partition coefficient (Wildman–Crippen LogP) is 2.07. The molecule has 1 aromatic rings. The first kappa shape index (κ1) is 14.9. The lowest BCUT2D eigenvalue weighted by Gasteiger charge is -2.27. The molecule has 0 radical (unpaired) electrons. The molecule has 0 fully saturated rings. The number of anilines is 1. The molecule has 0 amide bonds. The van der Waals surface area contributed by atoms with Crippen molar-refractivity contribution in [2.45, 2.75) is 31.7 Å². The Morgan fingerprint density at radius 1 is 1.28 bits per heavy atom. The molecule has 0 saturated heterocycles. The monoisotopic (exact) mass is 274 g/mol. The van der Waals surface area contributed by atoms with E-state index >= 15 is 0 Å². The Kier molecular flexibility index (Phi) is 4.34. The molecule has 0 aliphatic carbocycles. The normalized spacial score (nSPS) is 14.2. The first-order valence-corrected chi connectivity index (χ1v) is 7.15. The standard InChI is InChI=1S/C12H19FN2O2S/c1-8(2)9(3)15(4)18(16,17)12-6-5-10(13)7-11(12)14/h5-9H,14H2,1-4H3. The third-order valence-corrected chi connectivity index (χ3v) is 5.19. The van der Waals surface area contributed by atoms with Crippen molar-refractivity contribution in [2.24, 2.45) is 5.92 Å². The predicted molar refractivity (Wildman–Crippen MR) is 70.1 cm³/mol. The maximum Gasteiger partial charge on any atom is 0.245 e. The van der Waals surface area contributed by atoms with E-state index in [1.165, 1.54) is 17.4 Å². The second-order valence-electron chi connectivity index (χ2n) is 4.69. The number of hydrogen-bond donors (Lipinski definition) is 1. The quantitative estimate of drug-likeness (QED) is 0.855. The lowest BCUT2D eigenvalue weighted by Crippen LogP contribution is -2.38. The molecule has 18 heavy (non-hydrogen) atoms. The molecule has 1 rings (SSSR count). The molecule has 0 aromatic heterocycles. The maximum atomic E-state index is 12.9. The van der Waals surface area contributed by atoms with Crippen LogP contribution in [-0.4, -0.2) is 25.8 Å². The Morgan fingerprint density at radius 2 is 1.83 bits per heavy atom. The number of nitrogens with two attached hydrogens (primary N) is 1. The van der Waals surface area contributed by atoms with Gasteiger partial charge >= 0.3 is 0 Å². The summed E-state index contributed by atoms with van der Waals surface area (Å²) in [5, 5.41) is 0. The lowest BCUT2D eigenvalue weighted by molar-refractivity contribution is 0.316. The van der Waals surface area contributed by atoms with E-state index in [1.54, 1.807) is 0 Å². The van der Waals surface area contributed by atoms with Crippen molar-refractivity contribution in [3.05, 3.63) is 24.0 Å². The molecule has 1 unspecified atom stereocenters. The fourth-order valence-corrected chi connectivity index (χ4v) is 3.14. The minimum absolute atomic E-state index is 0.0566. The molecule has 0 aliphatic heterocycles. The first-order valence-electron chi connectivity index (χ1n) is 5.71. The Balaban J connectivity index is 3.21. The van der Waals surface area contributed by atoms with E-state index in [0.29, 0.717) is 0 Å². The molecule has 2 N–H and O–H groups in total. The molecular formula is C12H19FN2O2S. The van der Waals surface area contributed by atoms with Crippen LogP contribution in [0.15, 0.2) is 23.1 Å². The number of hydrogen-bond acceptors (Lipinski definition) is 3. The average Bonchev–Trinajstić information content (AvgIpc) is 2.26. The van der Waals surface area contributed by atoms with Gasteiger partial charge in [-0.15, -0.1) is 0 Å². The molecule has 0 saturated carbocycles. The topological polar surface area (TPSA) is 63.4 Å². The van der Waals surface area contributed by atoms with E-state index in [4.69, 9.17) is 5.73 Å². The highest BCUT2D eigenvalue weighted by molar-refractivity contribution is 7.89. The molecule has 0 spiro atoms. The minimum atomic E-state index is -3.69. The van der Waals surface area contributed by atoms with Crippen molar-refractivity contribution in [3.8, 4) is 0 Å². The van der Waals surface area contributed by atoms with Crippen LogP contribution in [0.2, 0.25) is 0 Å². The van der Waals surface area contributed by atoms with Gasteiger partial charge in [-0.05, 0) is 31.0 Å². The summed E-state index contributed by atoms with van der Waals surface area (Å²) in [5.41, 5.74) is 5.50. The highest BCUT2D eigenvalue weighted by Crippen LogP contribution is 2.25. The van der Waals surface area contributed by atoms with Gasteiger partial charge in [0.2, 0.25) is 10.0 Å². The highest BCUT2D eigenvalue weighted by Gasteiger charge is 2.28. The summed E-state index contributed by atoms with van der Waals surface area (Å²) in [6, 6.07) is 3.14. The Bertz CT molecular complexity index is 529.